The molecule has 3 heteroatoms. The molecule has 0 aromatic heterocycles. The molecule has 0 radical (unpaired) electrons. The molecule has 0 saturated carbocycles. The van der Waals surface area contributed by atoms with E-state index in [0.717, 1.165) is 5.56 Å². The van der Waals surface area contributed by atoms with Gasteiger partial charge in [-0.05, 0) is 18.4 Å². The Morgan fingerprint density at radius 1 is 1.24 bits per heavy atom. The van der Waals surface area contributed by atoms with Crippen LogP contribution in [0.3, 0.4) is 0 Å². The van der Waals surface area contributed by atoms with Crippen molar-refractivity contribution in [1.82, 2.24) is 0 Å². The number of rotatable bonds is 5. The summed E-state index contributed by atoms with van der Waals surface area (Å²) in [6, 6.07) is 7.45. The molecule has 0 heterocycles. The lowest BCUT2D eigenvalue weighted by atomic mass is 10.1. The van der Waals surface area contributed by atoms with E-state index < -0.39 is 10.8 Å². The number of ketones is 1. The van der Waals surface area contributed by atoms with E-state index in [-0.39, 0.29) is 16.8 Å². The molecule has 1 rings (SSSR count). The Hall–Kier alpha value is -0.960. The maximum atomic E-state index is 12.0. The van der Waals surface area contributed by atoms with Crippen molar-refractivity contribution in [3.63, 3.8) is 0 Å². The highest BCUT2D eigenvalue weighted by molar-refractivity contribution is 7.86. The lowest BCUT2D eigenvalue weighted by molar-refractivity contribution is 0.102. The van der Waals surface area contributed by atoms with Gasteiger partial charge in [0.2, 0.25) is 0 Å². The molecule has 0 spiro atoms. The van der Waals surface area contributed by atoms with E-state index in [4.69, 9.17) is 0 Å². The van der Waals surface area contributed by atoms with Gasteiger partial charge in [-0.1, -0.05) is 45.0 Å². The van der Waals surface area contributed by atoms with Crippen LogP contribution in [-0.4, -0.2) is 21.0 Å². The monoisotopic (exact) mass is 252 g/mol. The molecule has 1 aromatic rings. The van der Waals surface area contributed by atoms with E-state index in [1.165, 1.54) is 0 Å². The van der Waals surface area contributed by atoms with Crippen molar-refractivity contribution in [2.75, 3.05) is 5.75 Å². The Kier molecular flexibility index (Phi) is 5.06. The van der Waals surface area contributed by atoms with Crippen LogP contribution in [0.1, 0.15) is 36.7 Å². The van der Waals surface area contributed by atoms with Gasteiger partial charge in [0, 0.05) is 21.6 Å². The smallest absolute Gasteiger partial charge is 0.175 e. The molecular formula is C14H20O2S. The van der Waals surface area contributed by atoms with Crippen molar-refractivity contribution in [3.05, 3.63) is 35.4 Å². The molecule has 1 aromatic carbocycles. The predicted octanol–water partition coefficient (Wildman–Crippen LogP) is 2.97. The van der Waals surface area contributed by atoms with E-state index >= 15 is 0 Å². The highest BCUT2D eigenvalue weighted by Gasteiger charge is 2.19. The van der Waals surface area contributed by atoms with Crippen LogP contribution in [0, 0.1) is 12.8 Å². The van der Waals surface area contributed by atoms with Gasteiger partial charge >= 0.3 is 0 Å². The van der Waals surface area contributed by atoms with Gasteiger partial charge < -0.3 is 0 Å². The molecule has 2 atom stereocenters. The summed E-state index contributed by atoms with van der Waals surface area (Å²) in [5.41, 5.74) is 1.64. The molecule has 2 unspecified atom stereocenters. The standard InChI is InChI=1S/C14H20O2S/c1-10(2)12(4)17(16)9-14(15)13-8-6-5-7-11(13)3/h5-8,10,12H,9H2,1-4H3. The summed E-state index contributed by atoms with van der Waals surface area (Å²) in [6.07, 6.45) is 0. The maximum absolute atomic E-state index is 12.0. The van der Waals surface area contributed by atoms with Gasteiger partial charge in [0.25, 0.3) is 0 Å². The summed E-state index contributed by atoms with van der Waals surface area (Å²) in [7, 11) is -1.08. The Balaban J connectivity index is 2.74. The summed E-state index contributed by atoms with van der Waals surface area (Å²) in [5, 5.41) is 0.0583. The third-order valence-electron chi connectivity index (χ3n) is 3.07. The maximum Gasteiger partial charge on any atom is 0.175 e. The van der Waals surface area contributed by atoms with Gasteiger partial charge in [-0.3, -0.25) is 9.00 Å². The van der Waals surface area contributed by atoms with Crippen LogP contribution < -0.4 is 0 Å². The molecule has 0 bridgehead atoms. The molecule has 0 N–H and O–H groups in total. The second-order valence-electron chi connectivity index (χ2n) is 4.71. The van der Waals surface area contributed by atoms with Crippen LogP contribution in [0.25, 0.3) is 0 Å². The van der Waals surface area contributed by atoms with Crippen molar-refractivity contribution < 1.29 is 9.00 Å². The SMILES string of the molecule is Cc1ccccc1C(=O)CS(=O)C(C)C(C)C. The molecule has 2 nitrogen and oxygen atoms in total. The minimum absolute atomic E-state index is 0.0195. The highest BCUT2D eigenvalue weighted by atomic mass is 32.2. The van der Waals surface area contributed by atoms with E-state index in [1.54, 1.807) is 6.07 Å². The Bertz CT molecular complexity index is 424. The van der Waals surface area contributed by atoms with Crippen LogP contribution in [0.5, 0.6) is 0 Å². The van der Waals surface area contributed by atoms with Crippen molar-refractivity contribution in [2.24, 2.45) is 5.92 Å². The normalized spacial score (nSPS) is 14.6. The van der Waals surface area contributed by atoms with Crippen molar-refractivity contribution in [2.45, 2.75) is 32.9 Å². The number of aryl methyl sites for hydroxylation is 1. The van der Waals surface area contributed by atoms with Crippen LogP contribution in [0.4, 0.5) is 0 Å². The Morgan fingerprint density at radius 2 is 1.82 bits per heavy atom. The van der Waals surface area contributed by atoms with Gasteiger partial charge in [-0.25, -0.2) is 0 Å². The number of benzene rings is 1. The number of hydrogen-bond donors (Lipinski definition) is 0. The van der Waals surface area contributed by atoms with E-state index in [2.05, 4.69) is 0 Å². The van der Waals surface area contributed by atoms with Crippen molar-refractivity contribution >= 4 is 16.6 Å². The lowest BCUT2D eigenvalue weighted by Crippen LogP contribution is -2.24. The van der Waals surface area contributed by atoms with Crippen molar-refractivity contribution in [3.8, 4) is 0 Å². The summed E-state index contributed by atoms with van der Waals surface area (Å²) in [4.78, 5) is 12.0. The molecular weight excluding hydrogens is 232 g/mol. The van der Waals surface area contributed by atoms with E-state index in [0.29, 0.717) is 11.5 Å². The first-order valence-electron chi connectivity index (χ1n) is 5.89. The van der Waals surface area contributed by atoms with E-state index in [1.807, 2.05) is 45.9 Å². The molecule has 0 aliphatic carbocycles. The fraction of sp³-hybridized carbons (Fsp3) is 0.500. The first-order valence-corrected chi connectivity index (χ1v) is 7.27. The third kappa shape index (κ3) is 3.77. The van der Waals surface area contributed by atoms with Gasteiger partial charge in [0.05, 0.1) is 5.75 Å². The quantitative estimate of drug-likeness (QED) is 0.755. The average Bonchev–Trinajstić information content (AvgIpc) is 2.28. The predicted molar refractivity (Wildman–Crippen MR) is 72.8 cm³/mol. The second kappa shape index (κ2) is 6.10. The highest BCUT2D eigenvalue weighted by Crippen LogP contribution is 2.13. The molecule has 0 amide bonds. The fourth-order valence-corrected chi connectivity index (χ4v) is 2.81. The number of carbonyl (C=O) groups excluding carboxylic acids is 1. The zero-order valence-corrected chi connectivity index (χ0v) is 11.7. The zero-order valence-electron chi connectivity index (χ0n) is 10.9. The molecule has 0 aliphatic heterocycles. The van der Waals surface area contributed by atoms with Crippen LogP contribution in [-0.2, 0) is 10.8 Å². The minimum atomic E-state index is -1.08. The summed E-state index contributed by atoms with van der Waals surface area (Å²) >= 11 is 0. The number of carbonyl (C=O) groups is 1. The molecule has 17 heavy (non-hydrogen) atoms. The Labute approximate surface area is 106 Å². The minimum Gasteiger partial charge on any atom is -0.293 e. The van der Waals surface area contributed by atoms with E-state index in [9.17, 15) is 9.00 Å². The fourth-order valence-electron chi connectivity index (χ4n) is 1.53. The first-order chi connectivity index (χ1) is 7.93. The zero-order chi connectivity index (χ0) is 13.0. The van der Waals surface area contributed by atoms with Gasteiger partial charge in [0.1, 0.15) is 0 Å². The van der Waals surface area contributed by atoms with Gasteiger partial charge in [-0.15, -0.1) is 0 Å². The first kappa shape index (κ1) is 14.1. The molecule has 0 aliphatic rings. The summed E-state index contributed by atoms with van der Waals surface area (Å²) in [6.45, 7) is 7.90. The van der Waals surface area contributed by atoms with Crippen molar-refractivity contribution in [1.29, 1.82) is 0 Å². The summed E-state index contributed by atoms with van der Waals surface area (Å²) < 4.78 is 12.0. The average molecular weight is 252 g/mol. The van der Waals surface area contributed by atoms with Crippen LogP contribution in [0.2, 0.25) is 0 Å². The van der Waals surface area contributed by atoms with Crippen LogP contribution >= 0.6 is 0 Å². The van der Waals surface area contributed by atoms with Gasteiger partial charge in [-0.2, -0.15) is 0 Å². The van der Waals surface area contributed by atoms with Gasteiger partial charge in [0.15, 0.2) is 5.78 Å². The molecule has 94 valence electrons. The molecule has 0 fully saturated rings. The third-order valence-corrected chi connectivity index (χ3v) is 4.99. The molecule has 0 saturated heterocycles. The van der Waals surface area contributed by atoms with Crippen LogP contribution in [0.15, 0.2) is 24.3 Å². The summed E-state index contributed by atoms with van der Waals surface area (Å²) in [5.74, 6) is 0.443. The topological polar surface area (TPSA) is 34.1 Å². The number of Topliss-reactive ketones (excluding diaryl/α,β-unsaturated/α-hetero) is 1. The second-order valence-corrected chi connectivity index (χ2v) is 6.51. The Morgan fingerprint density at radius 3 is 2.35 bits per heavy atom. The largest absolute Gasteiger partial charge is 0.293 e. The number of hydrogen-bond acceptors (Lipinski definition) is 2. The lowest BCUT2D eigenvalue weighted by Gasteiger charge is -2.14.